The van der Waals surface area contributed by atoms with Gasteiger partial charge in [-0.25, -0.2) is 0 Å². The first-order chi connectivity index (χ1) is 8.15. The monoisotopic (exact) mass is 228 g/mol. The minimum Gasteiger partial charge on any atom is -0.357 e. The van der Waals surface area contributed by atoms with E-state index >= 15 is 0 Å². The van der Waals surface area contributed by atoms with Crippen LogP contribution in [0.25, 0.3) is 0 Å². The van der Waals surface area contributed by atoms with Crippen molar-refractivity contribution in [2.45, 2.75) is 6.92 Å². The molecule has 0 spiro atoms. The van der Waals surface area contributed by atoms with E-state index in [0.29, 0.717) is 5.69 Å². The molecule has 4 heteroatoms. The van der Waals surface area contributed by atoms with E-state index in [1.807, 2.05) is 25.1 Å². The van der Waals surface area contributed by atoms with Crippen molar-refractivity contribution in [3.63, 3.8) is 0 Å². The standard InChI is InChI=1S/C13H12N2O2/c1-9-3-2-4-10(7-9)15-13(17)12-8-11(16)5-6-14-12/h2-8H,1H3,(H,14,16)(H,15,17). The first-order valence-corrected chi connectivity index (χ1v) is 5.22. The summed E-state index contributed by atoms with van der Waals surface area (Å²) in [5.74, 6) is -0.326. The van der Waals surface area contributed by atoms with E-state index in [1.54, 1.807) is 6.07 Å². The molecule has 0 fully saturated rings. The zero-order chi connectivity index (χ0) is 12.3. The molecule has 4 nitrogen and oxygen atoms in total. The summed E-state index contributed by atoms with van der Waals surface area (Å²) in [5, 5.41) is 2.72. The first-order valence-electron chi connectivity index (χ1n) is 5.22. The second kappa shape index (κ2) is 4.65. The minimum absolute atomic E-state index is 0.196. The van der Waals surface area contributed by atoms with Gasteiger partial charge in [0, 0.05) is 24.0 Å². The molecule has 0 aliphatic rings. The molecule has 1 aromatic heterocycles. The lowest BCUT2D eigenvalue weighted by Gasteiger charge is -2.05. The van der Waals surface area contributed by atoms with Crippen LogP contribution in [0.2, 0.25) is 0 Å². The largest absolute Gasteiger partial charge is 0.357 e. The lowest BCUT2D eigenvalue weighted by atomic mass is 10.2. The van der Waals surface area contributed by atoms with Gasteiger partial charge in [-0.15, -0.1) is 0 Å². The van der Waals surface area contributed by atoms with Crippen molar-refractivity contribution in [2.24, 2.45) is 0 Å². The Morgan fingerprint density at radius 3 is 2.76 bits per heavy atom. The third-order valence-corrected chi connectivity index (χ3v) is 2.29. The fourth-order valence-corrected chi connectivity index (χ4v) is 1.50. The van der Waals surface area contributed by atoms with Gasteiger partial charge in [0.15, 0.2) is 5.43 Å². The molecular formula is C13H12N2O2. The third-order valence-electron chi connectivity index (χ3n) is 2.29. The van der Waals surface area contributed by atoms with Crippen molar-refractivity contribution in [1.82, 2.24) is 4.98 Å². The number of anilines is 1. The van der Waals surface area contributed by atoms with Gasteiger partial charge < -0.3 is 10.3 Å². The lowest BCUT2D eigenvalue weighted by molar-refractivity contribution is 0.102. The molecule has 0 radical (unpaired) electrons. The van der Waals surface area contributed by atoms with Gasteiger partial charge in [-0.05, 0) is 24.6 Å². The second-order valence-electron chi connectivity index (χ2n) is 3.76. The summed E-state index contributed by atoms with van der Waals surface area (Å²) in [6.07, 6.45) is 1.45. The van der Waals surface area contributed by atoms with Crippen molar-refractivity contribution in [2.75, 3.05) is 5.32 Å². The van der Waals surface area contributed by atoms with Crippen LogP contribution in [0.4, 0.5) is 5.69 Å². The summed E-state index contributed by atoms with van der Waals surface area (Å²) in [7, 11) is 0. The van der Waals surface area contributed by atoms with Gasteiger partial charge in [-0.3, -0.25) is 9.59 Å². The summed E-state index contributed by atoms with van der Waals surface area (Å²) in [6, 6.07) is 10.1. The fourth-order valence-electron chi connectivity index (χ4n) is 1.50. The Bertz CT molecular complexity index is 602. The summed E-state index contributed by atoms with van der Waals surface area (Å²) in [4.78, 5) is 25.6. The number of hydrogen-bond acceptors (Lipinski definition) is 2. The van der Waals surface area contributed by atoms with E-state index < -0.39 is 0 Å². The Labute approximate surface area is 98.3 Å². The maximum Gasteiger partial charge on any atom is 0.272 e. The van der Waals surface area contributed by atoms with Crippen LogP contribution < -0.4 is 10.7 Å². The topological polar surface area (TPSA) is 62.0 Å². The molecule has 0 atom stereocenters. The molecule has 0 saturated carbocycles. The van der Waals surface area contributed by atoms with Crippen LogP contribution >= 0.6 is 0 Å². The number of pyridine rings is 1. The SMILES string of the molecule is Cc1cccc(NC(=O)c2cc(=O)cc[nH]2)c1. The molecule has 1 amide bonds. The molecule has 2 N–H and O–H groups in total. The Balaban J connectivity index is 2.20. The molecule has 0 bridgehead atoms. The minimum atomic E-state index is -0.326. The van der Waals surface area contributed by atoms with Crippen LogP contribution in [0.5, 0.6) is 0 Å². The molecule has 0 unspecified atom stereocenters. The van der Waals surface area contributed by atoms with E-state index in [9.17, 15) is 9.59 Å². The molecule has 0 aliphatic heterocycles. The predicted molar refractivity (Wildman–Crippen MR) is 66.2 cm³/mol. The molecule has 0 aliphatic carbocycles. The van der Waals surface area contributed by atoms with Gasteiger partial charge in [0.05, 0.1) is 0 Å². The summed E-state index contributed by atoms with van der Waals surface area (Å²) in [5.41, 5.74) is 1.82. The van der Waals surface area contributed by atoms with Crippen molar-refractivity contribution in [1.29, 1.82) is 0 Å². The Morgan fingerprint density at radius 1 is 1.24 bits per heavy atom. The zero-order valence-corrected chi connectivity index (χ0v) is 9.36. The molecule has 2 aromatic rings. The van der Waals surface area contributed by atoms with Crippen LogP contribution in [-0.2, 0) is 0 Å². The van der Waals surface area contributed by atoms with E-state index in [2.05, 4.69) is 10.3 Å². The molecule has 1 aromatic carbocycles. The maximum absolute atomic E-state index is 11.8. The van der Waals surface area contributed by atoms with Crippen molar-refractivity contribution < 1.29 is 4.79 Å². The average Bonchev–Trinajstić information content (AvgIpc) is 2.29. The van der Waals surface area contributed by atoms with E-state index in [0.717, 1.165) is 5.56 Å². The number of aromatic nitrogens is 1. The quantitative estimate of drug-likeness (QED) is 0.825. The van der Waals surface area contributed by atoms with Crippen molar-refractivity contribution in [3.05, 3.63) is 64.1 Å². The van der Waals surface area contributed by atoms with E-state index in [1.165, 1.54) is 18.3 Å². The number of aryl methyl sites for hydroxylation is 1. The molecule has 0 saturated heterocycles. The predicted octanol–water partition coefficient (Wildman–Crippen LogP) is 1.94. The van der Waals surface area contributed by atoms with Gasteiger partial charge in [0.25, 0.3) is 5.91 Å². The van der Waals surface area contributed by atoms with Gasteiger partial charge in [-0.1, -0.05) is 12.1 Å². The number of carbonyl (C=O) groups excluding carboxylic acids is 1. The molecule has 86 valence electrons. The highest BCUT2D eigenvalue weighted by molar-refractivity contribution is 6.02. The van der Waals surface area contributed by atoms with E-state index in [4.69, 9.17) is 0 Å². The lowest BCUT2D eigenvalue weighted by Crippen LogP contribution is -2.16. The number of carbonyl (C=O) groups is 1. The highest BCUT2D eigenvalue weighted by atomic mass is 16.2. The summed E-state index contributed by atoms with van der Waals surface area (Å²) in [6.45, 7) is 1.94. The van der Waals surface area contributed by atoms with Gasteiger partial charge in [0.2, 0.25) is 0 Å². The van der Waals surface area contributed by atoms with Crippen molar-refractivity contribution >= 4 is 11.6 Å². The van der Waals surface area contributed by atoms with Crippen LogP contribution in [0.15, 0.2) is 47.4 Å². The number of rotatable bonds is 2. The highest BCUT2D eigenvalue weighted by Crippen LogP contribution is 2.10. The smallest absolute Gasteiger partial charge is 0.272 e. The van der Waals surface area contributed by atoms with Crippen LogP contribution in [0.3, 0.4) is 0 Å². The summed E-state index contributed by atoms with van der Waals surface area (Å²) < 4.78 is 0. The van der Waals surface area contributed by atoms with Gasteiger partial charge in [-0.2, -0.15) is 0 Å². The van der Waals surface area contributed by atoms with Crippen LogP contribution in [-0.4, -0.2) is 10.9 Å². The number of hydrogen-bond donors (Lipinski definition) is 2. The number of H-pyrrole nitrogens is 1. The number of amides is 1. The molecule has 2 rings (SSSR count). The normalized spacial score (nSPS) is 9.94. The Hall–Kier alpha value is -2.36. The van der Waals surface area contributed by atoms with E-state index in [-0.39, 0.29) is 17.0 Å². The fraction of sp³-hybridized carbons (Fsp3) is 0.0769. The first kappa shape index (κ1) is 11.1. The van der Waals surface area contributed by atoms with Gasteiger partial charge >= 0.3 is 0 Å². The van der Waals surface area contributed by atoms with Crippen LogP contribution in [0.1, 0.15) is 16.1 Å². The Kier molecular flexibility index (Phi) is 3.05. The third kappa shape index (κ3) is 2.81. The highest BCUT2D eigenvalue weighted by Gasteiger charge is 2.06. The average molecular weight is 228 g/mol. The van der Waals surface area contributed by atoms with Gasteiger partial charge in [0.1, 0.15) is 5.69 Å². The maximum atomic E-state index is 11.8. The van der Waals surface area contributed by atoms with Crippen molar-refractivity contribution in [3.8, 4) is 0 Å². The zero-order valence-electron chi connectivity index (χ0n) is 9.36. The number of benzene rings is 1. The molecule has 1 heterocycles. The number of aromatic amines is 1. The summed E-state index contributed by atoms with van der Waals surface area (Å²) >= 11 is 0. The number of nitrogens with one attached hydrogen (secondary N) is 2. The molecule has 17 heavy (non-hydrogen) atoms. The molecular weight excluding hydrogens is 216 g/mol. The second-order valence-corrected chi connectivity index (χ2v) is 3.76. The Morgan fingerprint density at radius 2 is 2.06 bits per heavy atom. The van der Waals surface area contributed by atoms with Crippen LogP contribution in [0, 0.1) is 6.92 Å².